The average molecular weight is 1200 g/mol. The second kappa shape index (κ2) is 28.9. The standard InChI is InChI=1S/C45H75N3O34/c1-11(53)46-21-14(56)4-45(44(70)71,82-37(21)24(58)15(57)5-49)73-10-20-26(60)31(65)34(68)43(78-20)80-36-18(8-52)77-41(23(29(36)63)48-13(3)55)81-38-32(66)27(61)19(74-39(38)69)9-72-40-22(47-12(2)54)28(62)35(17(7-51)76-40)79-42-33(67)30(64)25(59)16(6-50)75-42/h14-43,49-52,56-69H,4-10H2,1-3H3,(H,46,53)(H,47,54)(H,48,55)(H,70,71)/t14-,15+,16+,17+,18+,19+,20+,21+,22+,23+,24+,25-,26-,27+,28+,29+,30-,31-,32-,33+,34+,35+,36+,37+,38-,39?,40+,41-,42-,43-,45+/m0/s1. The molecule has 474 valence electrons. The van der Waals surface area contributed by atoms with Crippen LogP contribution in [0.5, 0.6) is 0 Å². The molecule has 37 heteroatoms. The molecular weight excluding hydrogens is 1130 g/mol. The predicted molar refractivity (Wildman–Crippen MR) is 251 cm³/mol. The Labute approximate surface area is 463 Å². The van der Waals surface area contributed by atoms with Crippen molar-refractivity contribution in [3.8, 4) is 0 Å². The highest BCUT2D eigenvalue weighted by atomic mass is 16.8. The fourth-order valence-electron chi connectivity index (χ4n) is 10.2. The Balaban J connectivity index is 1.12. The fourth-order valence-corrected chi connectivity index (χ4v) is 10.2. The van der Waals surface area contributed by atoms with E-state index in [4.69, 9.17) is 52.1 Å². The maximum Gasteiger partial charge on any atom is 0.364 e. The van der Waals surface area contributed by atoms with Crippen molar-refractivity contribution < 1.29 is 168 Å². The fraction of sp³-hybridized carbons (Fsp3) is 0.911. The molecule has 0 aliphatic carbocycles. The molecule has 31 atom stereocenters. The highest BCUT2D eigenvalue weighted by Crippen LogP contribution is 2.37. The molecule has 0 bridgehead atoms. The first-order chi connectivity index (χ1) is 38.5. The molecule has 0 aromatic heterocycles. The normalized spacial score (nSPS) is 46.3. The molecule has 0 spiro atoms. The van der Waals surface area contributed by atoms with E-state index in [0.717, 1.165) is 20.8 Å². The van der Waals surface area contributed by atoms with Crippen molar-refractivity contribution in [2.45, 2.75) is 217 Å². The van der Waals surface area contributed by atoms with E-state index in [1.807, 2.05) is 0 Å². The summed E-state index contributed by atoms with van der Waals surface area (Å²) in [7, 11) is 0. The Hall–Kier alpha value is -3.28. The van der Waals surface area contributed by atoms with Gasteiger partial charge < -0.3 is 165 Å². The number of amides is 3. The van der Waals surface area contributed by atoms with Gasteiger partial charge in [-0.25, -0.2) is 4.79 Å². The van der Waals surface area contributed by atoms with Gasteiger partial charge in [0, 0.05) is 27.2 Å². The van der Waals surface area contributed by atoms with E-state index < -0.39 is 259 Å². The van der Waals surface area contributed by atoms with E-state index >= 15 is 0 Å². The first kappa shape index (κ1) is 67.8. The molecule has 3 amide bonds. The van der Waals surface area contributed by atoms with Crippen LogP contribution in [0.3, 0.4) is 0 Å². The van der Waals surface area contributed by atoms with Gasteiger partial charge in [0.1, 0.15) is 140 Å². The largest absolute Gasteiger partial charge is 0.477 e. The van der Waals surface area contributed by atoms with Gasteiger partial charge in [0.05, 0.1) is 51.8 Å². The number of carbonyl (C=O) groups excluding carboxylic acids is 3. The first-order valence-corrected chi connectivity index (χ1v) is 25.7. The number of nitrogens with one attached hydrogen (secondary N) is 3. The molecule has 6 heterocycles. The van der Waals surface area contributed by atoms with Gasteiger partial charge in [0.2, 0.25) is 17.7 Å². The van der Waals surface area contributed by atoms with Crippen LogP contribution in [0, 0.1) is 0 Å². The molecule has 0 aromatic rings. The number of ether oxygens (including phenoxy) is 11. The van der Waals surface area contributed by atoms with Crippen molar-refractivity contribution in [3.63, 3.8) is 0 Å². The zero-order valence-corrected chi connectivity index (χ0v) is 43.9. The van der Waals surface area contributed by atoms with Crippen LogP contribution in [0.15, 0.2) is 0 Å². The van der Waals surface area contributed by atoms with Gasteiger partial charge in [-0.2, -0.15) is 0 Å². The van der Waals surface area contributed by atoms with Crippen molar-refractivity contribution in [3.05, 3.63) is 0 Å². The third-order valence-corrected chi connectivity index (χ3v) is 14.6. The Kier molecular flexibility index (Phi) is 23.9. The minimum atomic E-state index is -2.98. The minimum Gasteiger partial charge on any atom is -0.477 e. The molecule has 22 N–H and O–H groups in total. The lowest BCUT2D eigenvalue weighted by molar-refractivity contribution is -0.375. The lowest BCUT2D eigenvalue weighted by Crippen LogP contribution is -2.69. The Morgan fingerprint density at radius 2 is 0.927 bits per heavy atom. The molecule has 6 saturated heterocycles. The monoisotopic (exact) mass is 1200 g/mol. The summed E-state index contributed by atoms with van der Waals surface area (Å²) in [5.41, 5.74) is 0. The van der Waals surface area contributed by atoms with Gasteiger partial charge in [-0.1, -0.05) is 0 Å². The zero-order valence-electron chi connectivity index (χ0n) is 43.9. The Bertz CT molecular complexity index is 2090. The molecule has 6 aliphatic heterocycles. The summed E-state index contributed by atoms with van der Waals surface area (Å²) in [5.74, 6) is -7.40. The summed E-state index contributed by atoms with van der Waals surface area (Å²) in [6.07, 6.45) is -53.6. The van der Waals surface area contributed by atoms with Crippen molar-refractivity contribution >= 4 is 23.7 Å². The van der Waals surface area contributed by atoms with E-state index in [1.165, 1.54) is 0 Å². The number of aliphatic carboxylic acids is 1. The third kappa shape index (κ3) is 14.9. The molecule has 1 unspecified atom stereocenters. The summed E-state index contributed by atoms with van der Waals surface area (Å²) in [4.78, 5) is 49.5. The van der Waals surface area contributed by atoms with Gasteiger partial charge in [-0.15, -0.1) is 0 Å². The highest BCUT2D eigenvalue weighted by Gasteiger charge is 2.59. The molecule has 6 fully saturated rings. The van der Waals surface area contributed by atoms with Crippen LogP contribution < -0.4 is 16.0 Å². The van der Waals surface area contributed by atoms with Crippen molar-refractivity contribution in [1.29, 1.82) is 0 Å². The van der Waals surface area contributed by atoms with E-state index in [2.05, 4.69) is 16.0 Å². The lowest BCUT2D eigenvalue weighted by Gasteiger charge is -2.49. The van der Waals surface area contributed by atoms with Gasteiger partial charge in [0.15, 0.2) is 31.5 Å². The van der Waals surface area contributed by atoms with Gasteiger partial charge in [0.25, 0.3) is 5.79 Å². The summed E-state index contributed by atoms with van der Waals surface area (Å²) >= 11 is 0. The number of carboxylic acid groups (broad SMARTS) is 1. The van der Waals surface area contributed by atoms with E-state index in [-0.39, 0.29) is 0 Å². The zero-order chi connectivity index (χ0) is 61.0. The van der Waals surface area contributed by atoms with Crippen LogP contribution in [-0.4, -0.2) is 350 Å². The smallest absolute Gasteiger partial charge is 0.364 e. The number of hydrogen-bond acceptors (Lipinski definition) is 33. The second-order valence-corrected chi connectivity index (χ2v) is 20.5. The number of aliphatic hydroxyl groups excluding tert-OH is 18. The van der Waals surface area contributed by atoms with Crippen LogP contribution >= 0.6 is 0 Å². The van der Waals surface area contributed by atoms with E-state index in [1.54, 1.807) is 0 Å². The minimum absolute atomic E-state index is 0.777. The van der Waals surface area contributed by atoms with Gasteiger partial charge in [-0.3, -0.25) is 14.4 Å². The Morgan fingerprint density at radius 1 is 0.500 bits per heavy atom. The summed E-state index contributed by atoms with van der Waals surface area (Å²) in [5, 5.41) is 210. The summed E-state index contributed by atoms with van der Waals surface area (Å²) in [6.45, 7) is -2.91. The quantitative estimate of drug-likeness (QED) is 0.0479. The molecule has 0 saturated carbocycles. The lowest BCUT2D eigenvalue weighted by atomic mass is 9.88. The molecule has 0 radical (unpaired) electrons. The molecule has 6 aliphatic rings. The molecular formula is C45H75N3O34. The van der Waals surface area contributed by atoms with Crippen LogP contribution in [0.2, 0.25) is 0 Å². The molecule has 37 nitrogen and oxygen atoms in total. The maximum atomic E-state index is 12.7. The van der Waals surface area contributed by atoms with E-state index in [0.29, 0.717) is 0 Å². The average Bonchev–Trinajstić information content (AvgIpc) is 3.61. The van der Waals surface area contributed by atoms with Crippen LogP contribution in [0.4, 0.5) is 0 Å². The first-order valence-electron chi connectivity index (χ1n) is 25.7. The van der Waals surface area contributed by atoms with Gasteiger partial charge in [-0.05, 0) is 0 Å². The van der Waals surface area contributed by atoms with Crippen molar-refractivity contribution in [2.75, 3.05) is 39.6 Å². The van der Waals surface area contributed by atoms with Crippen LogP contribution in [-0.2, 0) is 71.3 Å². The Morgan fingerprint density at radius 3 is 1.41 bits per heavy atom. The van der Waals surface area contributed by atoms with Gasteiger partial charge >= 0.3 is 5.97 Å². The van der Waals surface area contributed by atoms with Crippen molar-refractivity contribution in [1.82, 2.24) is 16.0 Å². The number of carbonyl (C=O) groups is 4. The number of carboxylic acids is 1. The van der Waals surface area contributed by atoms with Crippen LogP contribution in [0.25, 0.3) is 0 Å². The summed E-state index contributed by atoms with van der Waals surface area (Å²) in [6, 6.07) is -5.01. The van der Waals surface area contributed by atoms with Crippen molar-refractivity contribution in [2.24, 2.45) is 0 Å². The third-order valence-electron chi connectivity index (χ3n) is 14.6. The number of hydrogen-bond donors (Lipinski definition) is 22. The SMILES string of the molecule is CC(=O)N[C@H]1[C@H](OC[C@H]2OC(O)[C@@H](O[C@@H]3O[C@H](CO)[C@@H](O[C@@H]4O[C@H](CO[C@]5(C(=O)O)C[C@H](O)[C@@H](NC(C)=O)[C@H]([C@H](O)[C@H](O)CO)O5)[C@H](O)[C@H](O)[C@H]4O)[C@H](O)[C@H]3NC(C)=O)[C@@H](O)[C@@H]2O)O[C@H](CO)[C@@H](O[C@@H]2O[C@H](CO)[C@H](O)[C@H](O)[C@H]2O)[C@@H]1O. The molecule has 82 heavy (non-hydrogen) atoms. The number of aliphatic hydroxyl groups is 18. The topological polar surface area (TPSA) is 590 Å². The summed E-state index contributed by atoms with van der Waals surface area (Å²) < 4.78 is 62.1. The van der Waals surface area contributed by atoms with E-state index in [9.17, 15) is 116 Å². The molecule has 6 rings (SSSR count). The molecule has 0 aromatic carbocycles. The number of rotatable bonds is 22. The second-order valence-electron chi connectivity index (χ2n) is 20.5. The predicted octanol–water partition coefficient (Wildman–Crippen LogP) is -14.5. The van der Waals surface area contributed by atoms with Crippen LogP contribution in [0.1, 0.15) is 27.2 Å². The maximum absolute atomic E-state index is 12.7. The highest BCUT2D eigenvalue weighted by molar-refractivity contribution is 5.77.